The predicted octanol–water partition coefficient (Wildman–Crippen LogP) is 1.99. The van der Waals surface area contributed by atoms with Crippen LogP contribution in [0.3, 0.4) is 0 Å². The largest absolute Gasteiger partial charge is 0.338 e. The number of nitrogens with zero attached hydrogens (tertiary/aromatic N) is 3. The van der Waals surface area contributed by atoms with Gasteiger partial charge in [0, 0.05) is 13.1 Å². The first-order chi connectivity index (χ1) is 12.1. The van der Waals surface area contributed by atoms with Gasteiger partial charge in [-0.1, -0.05) is 31.4 Å². The van der Waals surface area contributed by atoms with Crippen molar-refractivity contribution in [3.8, 4) is 0 Å². The van der Waals surface area contributed by atoms with E-state index in [9.17, 15) is 13.2 Å². The van der Waals surface area contributed by atoms with E-state index in [4.69, 9.17) is 0 Å². The Morgan fingerprint density at radius 1 is 1.08 bits per heavy atom. The van der Waals surface area contributed by atoms with Gasteiger partial charge in [-0.15, -0.1) is 0 Å². The second-order valence-corrected chi connectivity index (χ2v) is 9.64. The number of hydrogen-bond acceptors (Lipinski definition) is 4. The summed E-state index contributed by atoms with van der Waals surface area (Å²) >= 11 is 0. The fraction of sp³-hybridized carbons (Fsp3) is 0.556. The van der Waals surface area contributed by atoms with Gasteiger partial charge in [0.2, 0.25) is 5.91 Å². The van der Waals surface area contributed by atoms with Crippen LogP contribution < -0.4 is 0 Å². The number of amides is 1. The third kappa shape index (κ3) is 3.05. The molecule has 6 nitrogen and oxygen atoms in total. The van der Waals surface area contributed by atoms with Crippen molar-refractivity contribution in [3.63, 3.8) is 0 Å². The molecular formula is C18H23N3O3S. The lowest BCUT2D eigenvalue weighted by Crippen LogP contribution is -2.59. The van der Waals surface area contributed by atoms with Crippen molar-refractivity contribution in [2.75, 3.05) is 13.1 Å². The summed E-state index contributed by atoms with van der Waals surface area (Å²) in [6.07, 6.45) is 6.39. The maximum Gasteiger partial charge on any atom is 0.242 e. The summed E-state index contributed by atoms with van der Waals surface area (Å²) in [5.41, 5.74) is 1.78. The number of para-hydroxylation sites is 2. The lowest BCUT2D eigenvalue weighted by molar-refractivity contribution is -0.134. The highest BCUT2D eigenvalue weighted by atomic mass is 32.2. The number of aromatic nitrogens is 2. The Hall–Kier alpha value is -1.89. The molecule has 1 aromatic carbocycles. The number of hydrogen-bond donors (Lipinski definition) is 0. The molecule has 1 amide bonds. The van der Waals surface area contributed by atoms with Crippen LogP contribution in [-0.4, -0.2) is 52.4 Å². The lowest BCUT2D eigenvalue weighted by atomic mass is 10.0. The fourth-order valence-electron chi connectivity index (χ4n) is 3.90. The maximum atomic E-state index is 12.7. The maximum absolute atomic E-state index is 12.7. The normalized spacial score (nSPS) is 19.9. The molecule has 1 aliphatic carbocycles. The zero-order valence-electron chi connectivity index (χ0n) is 14.2. The quantitative estimate of drug-likeness (QED) is 0.835. The summed E-state index contributed by atoms with van der Waals surface area (Å²) in [7, 11) is -3.10. The van der Waals surface area contributed by atoms with E-state index in [-0.39, 0.29) is 23.0 Å². The average Bonchev–Trinajstić information content (AvgIpc) is 2.97. The zero-order chi connectivity index (χ0) is 17.4. The topological polar surface area (TPSA) is 72.3 Å². The highest BCUT2D eigenvalue weighted by molar-refractivity contribution is 7.92. The van der Waals surface area contributed by atoms with E-state index < -0.39 is 9.84 Å². The molecule has 2 aliphatic rings. The van der Waals surface area contributed by atoms with Gasteiger partial charge in [-0.25, -0.2) is 13.4 Å². The highest BCUT2D eigenvalue weighted by Gasteiger charge is 2.43. The Labute approximate surface area is 147 Å². The van der Waals surface area contributed by atoms with Crippen LogP contribution in [0.5, 0.6) is 0 Å². The van der Waals surface area contributed by atoms with E-state index >= 15 is 0 Å². The molecular weight excluding hydrogens is 338 g/mol. The second-order valence-electron chi connectivity index (χ2n) is 7.13. The first-order valence-electron chi connectivity index (χ1n) is 8.96. The zero-order valence-corrected chi connectivity index (χ0v) is 15.0. The van der Waals surface area contributed by atoms with Gasteiger partial charge in [0.05, 0.1) is 27.9 Å². The van der Waals surface area contributed by atoms with E-state index in [0.717, 1.165) is 43.1 Å². The number of fused-ring (bicyclic) bond motifs is 1. The SMILES string of the molecule is O=C(Cn1cnc2ccccc21)N1CC(S(=O)(=O)C2CCCCC2)C1. The fourth-order valence-corrected chi connectivity index (χ4v) is 6.21. The van der Waals surface area contributed by atoms with Gasteiger partial charge in [-0.05, 0) is 25.0 Å². The molecule has 7 heteroatoms. The molecule has 2 aromatic rings. The van der Waals surface area contributed by atoms with Crippen LogP contribution in [0.15, 0.2) is 30.6 Å². The van der Waals surface area contributed by atoms with Gasteiger partial charge in [0.15, 0.2) is 9.84 Å². The monoisotopic (exact) mass is 361 g/mol. The number of benzene rings is 1. The van der Waals surface area contributed by atoms with Gasteiger partial charge in [0.25, 0.3) is 0 Å². The summed E-state index contributed by atoms with van der Waals surface area (Å²) in [6, 6.07) is 7.67. The van der Waals surface area contributed by atoms with Crippen LogP contribution in [0.25, 0.3) is 11.0 Å². The molecule has 25 heavy (non-hydrogen) atoms. The van der Waals surface area contributed by atoms with E-state index in [1.165, 1.54) is 0 Å². The Kier molecular flexibility index (Phi) is 4.27. The summed E-state index contributed by atoms with van der Waals surface area (Å²) < 4.78 is 27.2. The predicted molar refractivity (Wildman–Crippen MR) is 95.9 cm³/mol. The number of carbonyl (C=O) groups excluding carboxylic acids is 1. The molecule has 1 aromatic heterocycles. The Balaban J connectivity index is 1.38. The van der Waals surface area contributed by atoms with Crippen molar-refractivity contribution < 1.29 is 13.2 Å². The van der Waals surface area contributed by atoms with Crippen LogP contribution in [0.2, 0.25) is 0 Å². The average molecular weight is 361 g/mol. The molecule has 2 fully saturated rings. The first-order valence-corrected chi connectivity index (χ1v) is 10.6. The van der Waals surface area contributed by atoms with Crippen molar-refractivity contribution in [2.45, 2.75) is 49.1 Å². The van der Waals surface area contributed by atoms with Gasteiger partial charge in [-0.2, -0.15) is 0 Å². The molecule has 134 valence electrons. The van der Waals surface area contributed by atoms with Crippen LogP contribution >= 0.6 is 0 Å². The second kappa shape index (κ2) is 6.44. The molecule has 1 saturated heterocycles. The molecule has 1 saturated carbocycles. The Bertz CT molecular complexity index is 878. The standard InChI is InChI=1S/C18H23N3O3S/c22-18(12-21-13-19-16-8-4-5-9-17(16)21)20-10-15(11-20)25(23,24)14-6-2-1-3-7-14/h4-5,8-9,13-15H,1-3,6-7,10-12H2. The molecule has 4 rings (SSSR count). The summed E-state index contributed by atoms with van der Waals surface area (Å²) in [5, 5.41) is -0.569. The molecule has 1 aliphatic heterocycles. The van der Waals surface area contributed by atoms with Gasteiger partial charge in [-0.3, -0.25) is 4.79 Å². The minimum atomic E-state index is -3.10. The number of carbonyl (C=O) groups is 1. The summed E-state index contributed by atoms with van der Waals surface area (Å²) in [6.45, 7) is 0.880. The Morgan fingerprint density at radius 3 is 2.56 bits per heavy atom. The van der Waals surface area contributed by atoms with Gasteiger partial charge in [0.1, 0.15) is 6.54 Å². The van der Waals surface area contributed by atoms with Crippen LogP contribution in [-0.2, 0) is 21.2 Å². The van der Waals surface area contributed by atoms with Crippen LogP contribution in [0, 0.1) is 0 Å². The lowest BCUT2D eigenvalue weighted by Gasteiger charge is -2.41. The summed E-state index contributed by atoms with van der Waals surface area (Å²) in [4.78, 5) is 18.4. The smallest absolute Gasteiger partial charge is 0.242 e. The third-order valence-electron chi connectivity index (χ3n) is 5.52. The molecule has 0 bridgehead atoms. The molecule has 0 atom stereocenters. The summed E-state index contributed by atoms with van der Waals surface area (Å²) in [5.74, 6) is -0.0433. The highest BCUT2D eigenvalue weighted by Crippen LogP contribution is 2.30. The minimum Gasteiger partial charge on any atom is -0.338 e. The Morgan fingerprint density at radius 2 is 1.80 bits per heavy atom. The van der Waals surface area contributed by atoms with Crippen molar-refractivity contribution in [3.05, 3.63) is 30.6 Å². The van der Waals surface area contributed by atoms with Gasteiger partial charge >= 0.3 is 0 Å². The third-order valence-corrected chi connectivity index (χ3v) is 8.14. The molecule has 0 N–H and O–H groups in total. The molecule has 0 spiro atoms. The van der Waals surface area contributed by atoms with Crippen molar-refractivity contribution >= 4 is 26.8 Å². The van der Waals surface area contributed by atoms with Crippen molar-refractivity contribution in [1.29, 1.82) is 0 Å². The minimum absolute atomic E-state index is 0.0433. The van der Waals surface area contributed by atoms with Crippen LogP contribution in [0.4, 0.5) is 0 Å². The number of rotatable bonds is 4. The van der Waals surface area contributed by atoms with Gasteiger partial charge < -0.3 is 9.47 Å². The molecule has 0 unspecified atom stereocenters. The van der Waals surface area contributed by atoms with E-state index in [1.54, 1.807) is 11.2 Å². The molecule has 2 heterocycles. The van der Waals surface area contributed by atoms with E-state index in [2.05, 4.69) is 4.98 Å². The number of sulfone groups is 1. The van der Waals surface area contributed by atoms with Crippen molar-refractivity contribution in [1.82, 2.24) is 14.5 Å². The number of imidazole rings is 1. The van der Waals surface area contributed by atoms with E-state index in [0.29, 0.717) is 13.1 Å². The number of likely N-dealkylation sites (tertiary alicyclic amines) is 1. The molecule has 0 radical (unpaired) electrons. The van der Waals surface area contributed by atoms with Crippen molar-refractivity contribution in [2.24, 2.45) is 0 Å². The van der Waals surface area contributed by atoms with Crippen LogP contribution in [0.1, 0.15) is 32.1 Å². The van der Waals surface area contributed by atoms with E-state index in [1.807, 2.05) is 28.8 Å². The first kappa shape index (κ1) is 16.6.